The van der Waals surface area contributed by atoms with Gasteiger partial charge in [0.1, 0.15) is 5.92 Å². The molecule has 2 unspecified atom stereocenters. The highest BCUT2D eigenvalue weighted by atomic mass is 79.9. The van der Waals surface area contributed by atoms with Crippen molar-refractivity contribution in [3.63, 3.8) is 0 Å². The highest BCUT2D eigenvalue weighted by molar-refractivity contribution is 9.11. The second-order valence-electron chi connectivity index (χ2n) is 3.66. The van der Waals surface area contributed by atoms with E-state index in [2.05, 4.69) is 31.5 Å². The van der Waals surface area contributed by atoms with Crippen LogP contribution in [0.4, 0.5) is 9.93 Å². The molecular formula is C9H10BrN3O4S. The first-order chi connectivity index (χ1) is 8.56. The van der Waals surface area contributed by atoms with Gasteiger partial charge in [0.05, 0.1) is 29.2 Å². The Kier molecular flexibility index (Phi) is 4.15. The first kappa shape index (κ1) is 13.2. The maximum atomic E-state index is 11.6. The number of amides is 2. The zero-order chi connectivity index (χ0) is 13.1. The molecular weight excluding hydrogens is 326 g/mol. The molecule has 9 heteroatoms. The molecule has 0 saturated carbocycles. The first-order valence-corrected chi connectivity index (χ1v) is 6.66. The minimum absolute atomic E-state index is 0.114. The van der Waals surface area contributed by atoms with E-state index in [9.17, 15) is 9.59 Å². The van der Waals surface area contributed by atoms with Crippen molar-refractivity contribution in [2.45, 2.75) is 6.04 Å². The Labute approximate surface area is 115 Å². The van der Waals surface area contributed by atoms with Gasteiger partial charge >= 0.3 is 12.0 Å². The molecule has 1 aromatic heterocycles. The van der Waals surface area contributed by atoms with Gasteiger partial charge in [0.15, 0.2) is 5.13 Å². The van der Waals surface area contributed by atoms with Crippen molar-refractivity contribution in [2.75, 3.05) is 18.5 Å². The lowest BCUT2D eigenvalue weighted by atomic mass is 10.0. The highest BCUT2D eigenvalue weighted by Crippen LogP contribution is 2.23. The predicted molar refractivity (Wildman–Crippen MR) is 67.7 cm³/mol. The van der Waals surface area contributed by atoms with Crippen molar-refractivity contribution >= 4 is 44.4 Å². The van der Waals surface area contributed by atoms with E-state index in [1.807, 2.05) is 0 Å². The lowest BCUT2D eigenvalue weighted by Gasteiger charge is -2.15. The number of hydrogen-bond donors (Lipinski definition) is 3. The molecule has 98 valence electrons. The summed E-state index contributed by atoms with van der Waals surface area (Å²) in [7, 11) is 0. The van der Waals surface area contributed by atoms with E-state index >= 15 is 0 Å². The van der Waals surface area contributed by atoms with E-state index in [1.165, 1.54) is 11.3 Å². The normalized spacial score (nSPS) is 22.7. The van der Waals surface area contributed by atoms with Crippen LogP contribution in [0.3, 0.4) is 0 Å². The Bertz CT molecular complexity index is 466. The van der Waals surface area contributed by atoms with Crippen LogP contribution in [0.15, 0.2) is 9.98 Å². The number of ether oxygens (including phenoxy) is 1. The fourth-order valence-electron chi connectivity index (χ4n) is 1.55. The van der Waals surface area contributed by atoms with E-state index in [4.69, 9.17) is 9.84 Å². The molecule has 2 heterocycles. The summed E-state index contributed by atoms with van der Waals surface area (Å²) in [6, 6.07) is -1.01. The smallest absolute Gasteiger partial charge is 0.321 e. The molecule has 0 aliphatic carbocycles. The van der Waals surface area contributed by atoms with Gasteiger partial charge in [0.25, 0.3) is 0 Å². The number of nitrogens with one attached hydrogen (secondary N) is 2. The minimum Gasteiger partial charge on any atom is -0.481 e. The fourth-order valence-corrected chi connectivity index (χ4v) is 2.66. The number of nitrogens with zero attached hydrogens (tertiary/aromatic N) is 1. The summed E-state index contributed by atoms with van der Waals surface area (Å²) in [6.45, 7) is 0.315. The molecule has 7 nitrogen and oxygen atoms in total. The first-order valence-electron chi connectivity index (χ1n) is 5.05. The Balaban J connectivity index is 1.89. The van der Waals surface area contributed by atoms with Gasteiger partial charge in [-0.3, -0.25) is 10.1 Å². The average molecular weight is 336 g/mol. The van der Waals surface area contributed by atoms with Crippen LogP contribution >= 0.6 is 27.3 Å². The summed E-state index contributed by atoms with van der Waals surface area (Å²) in [5.74, 6) is -1.69. The van der Waals surface area contributed by atoms with E-state index < -0.39 is 24.0 Å². The van der Waals surface area contributed by atoms with Crippen molar-refractivity contribution in [1.82, 2.24) is 10.3 Å². The molecule has 0 aromatic carbocycles. The van der Waals surface area contributed by atoms with Crippen LogP contribution < -0.4 is 10.6 Å². The molecule has 1 aliphatic rings. The molecule has 1 saturated heterocycles. The van der Waals surface area contributed by atoms with Crippen molar-refractivity contribution in [3.8, 4) is 0 Å². The van der Waals surface area contributed by atoms with E-state index in [-0.39, 0.29) is 13.2 Å². The number of carboxylic acids is 1. The third kappa shape index (κ3) is 3.18. The molecule has 2 amide bonds. The number of carboxylic acid groups (broad SMARTS) is 1. The van der Waals surface area contributed by atoms with Crippen LogP contribution in [-0.4, -0.2) is 41.3 Å². The summed E-state index contributed by atoms with van der Waals surface area (Å²) in [4.78, 5) is 26.5. The molecule has 0 radical (unpaired) electrons. The number of aliphatic carboxylic acids is 1. The highest BCUT2D eigenvalue weighted by Gasteiger charge is 2.35. The quantitative estimate of drug-likeness (QED) is 0.768. The monoisotopic (exact) mass is 335 g/mol. The molecule has 1 aliphatic heterocycles. The van der Waals surface area contributed by atoms with Crippen LogP contribution in [0.25, 0.3) is 0 Å². The van der Waals surface area contributed by atoms with Crippen molar-refractivity contribution < 1.29 is 19.4 Å². The molecule has 2 rings (SSSR count). The summed E-state index contributed by atoms with van der Waals surface area (Å²) in [5, 5.41) is 14.4. The van der Waals surface area contributed by atoms with Gasteiger partial charge in [-0.2, -0.15) is 0 Å². The van der Waals surface area contributed by atoms with Crippen molar-refractivity contribution in [2.24, 2.45) is 5.92 Å². The zero-order valence-electron chi connectivity index (χ0n) is 9.05. The maximum Gasteiger partial charge on any atom is 0.321 e. The van der Waals surface area contributed by atoms with Gasteiger partial charge in [0.2, 0.25) is 0 Å². The second kappa shape index (κ2) is 5.63. The van der Waals surface area contributed by atoms with Crippen LogP contribution in [0.2, 0.25) is 0 Å². The zero-order valence-corrected chi connectivity index (χ0v) is 11.5. The van der Waals surface area contributed by atoms with Crippen LogP contribution in [0.1, 0.15) is 0 Å². The van der Waals surface area contributed by atoms with Gasteiger partial charge in [-0.25, -0.2) is 9.78 Å². The predicted octanol–water partition coefficient (Wildman–Crippen LogP) is 1.13. The number of carbonyl (C=O) groups is 2. The van der Waals surface area contributed by atoms with Gasteiger partial charge in [-0.15, -0.1) is 0 Å². The molecule has 0 bridgehead atoms. The van der Waals surface area contributed by atoms with Crippen molar-refractivity contribution in [3.05, 3.63) is 9.98 Å². The Morgan fingerprint density at radius 3 is 2.94 bits per heavy atom. The average Bonchev–Trinajstić information content (AvgIpc) is 2.87. The standard InChI is InChI=1S/C9H10BrN3O4S/c10-6-1-11-9(18-6)13-8(16)12-5-3-17-2-4(5)7(14)15/h1,4-5H,2-3H2,(H,14,15)(H2,11,12,13,16). The molecule has 1 fully saturated rings. The second-order valence-corrected chi connectivity index (χ2v) is 6.07. The number of hydrogen-bond acceptors (Lipinski definition) is 5. The third-order valence-corrected chi connectivity index (χ3v) is 3.80. The third-order valence-electron chi connectivity index (χ3n) is 2.41. The molecule has 0 spiro atoms. The van der Waals surface area contributed by atoms with E-state index in [0.717, 1.165) is 3.79 Å². The lowest BCUT2D eigenvalue weighted by molar-refractivity contribution is -0.142. The minimum atomic E-state index is -0.977. The van der Waals surface area contributed by atoms with Gasteiger partial charge < -0.3 is 15.2 Å². The van der Waals surface area contributed by atoms with Crippen molar-refractivity contribution in [1.29, 1.82) is 0 Å². The SMILES string of the molecule is O=C(Nc1ncc(Br)s1)NC1COCC1C(=O)O. The maximum absolute atomic E-state index is 11.6. The van der Waals surface area contributed by atoms with E-state index in [1.54, 1.807) is 6.20 Å². The summed E-state index contributed by atoms with van der Waals surface area (Å²) in [5.41, 5.74) is 0. The number of halogens is 1. The Morgan fingerprint density at radius 1 is 1.56 bits per heavy atom. The summed E-state index contributed by atoms with van der Waals surface area (Å²) in [6.07, 6.45) is 1.57. The van der Waals surface area contributed by atoms with Gasteiger partial charge in [-0.05, 0) is 15.9 Å². The molecule has 2 atom stereocenters. The lowest BCUT2D eigenvalue weighted by Crippen LogP contribution is -2.44. The number of urea groups is 1. The van der Waals surface area contributed by atoms with Crippen LogP contribution in [0.5, 0.6) is 0 Å². The fraction of sp³-hybridized carbons (Fsp3) is 0.444. The number of thiazole rings is 1. The van der Waals surface area contributed by atoms with Crippen LogP contribution in [-0.2, 0) is 9.53 Å². The molecule has 18 heavy (non-hydrogen) atoms. The van der Waals surface area contributed by atoms with Gasteiger partial charge in [0, 0.05) is 0 Å². The number of anilines is 1. The van der Waals surface area contributed by atoms with E-state index in [0.29, 0.717) is 5.13 Å². The summed E-state index contributed by atoms with van der Waals surface area (Å²) >= 11 is 4.49. The Hall–Kier alpha value is -1.19. The number of aromatic nitrogens is 1. The largest absolute Gasteiger partial charge is 0.481 e. The number of carbonyl (C=O) groups excluding carboxylic acids is 1. The number of rotatable bonds is 3. The van der Waals surface area contributed by atoms with Gasteiger partial charge in [-0.1, -0.05) is 11.3 Å². The molecule has 1 aromatic rings. The van der Waals surface area contributed by atoms with Crippen LogP contribution in [0, 0.1) is 5.92 Å². The Morgan fingerprint density at radius 2 is 2.33 bits per heavy atom. The molecule has 3 N–H and O–H groups in total. The topological polar surface area (TPSA) is 101 Å². The summed E-state index contributed by atoms with van der Waals surface area (Å²) < 4.78 is 5.84.